The first-order chi connectivity index (χ1) is 9.81. The van der Waals surface area contributed by atoms with E-state index in [2.05, 4.69) is 0 Å². The SMILES string of the molecule is CC1C(=O)N(CCOC(C)(C)C)C(=O)N1c1ccccc1. The first-order valence-corrected chi connectivity index (χ1v) is 7.15. The average Bonchev–Trinajstić information content (AvgIpc) is 2.62. The lowest BCUT2D eigenvalue weighted by atomic mass is 10.2. The van der Waals surface area contributed by atoms with Gasteiger partial charge in [0.25, 0.3) is 5.91 Å². The van der Waals surface area contributed by atoms with Crippen molar-refractivity contribution in [2.45, 2.75) is 39.3 Å². The molecule has 0 radical (unpaired) electrons. The van der Waals surface area contributed by atoms with Gasteiger partial charge in [0.15, 0.2) is 0 Å². The summed E-state index contributed by atoms with van der Waals surface area (Å²) in [7, 11) is 0. The predicted molar refractivity (Wildman–Crippen MR) is 81.2 cm³/mol. The molecule has 1 unspecified atom stereocenters. The van der Waals surface area contributed by atoms with Crippen LogP contribution in [-0.4, -0.2) is 41.6 Å². The van der Waals surface area contributed by atoms with E-state index < -0.39 is 6.04 Å². The van der Waals surface area contributed by atoms with Crippen LogP contribution in [0.1, 0.15) is 27.7 Å². The molecular formula is C16H22N2O3. The van der Waals surface area contributed by atoms with Crippen molar-refractivity contribution < 1.29 is 14.3 Å². The Morgan fingerprint density at radius 1 is 1.14 bits per heavy atom. The van der Waals surface area contributed by atoms with Crippen LogP contribution in [0.2, 0.25) is 0 Å². The summed E-state index contributed by atoms with van der Waals surface area (Å²) in [4.78, 5) is 27.5. The van der Waals surface area contributed by atoms with Crippen LogP contribution in [0, 0.1) is 0 Å². The molecular weight excluding hydrogens is 268 g/mol. The lowest BCUT2D eigenvalue weighted by Gasteiger charge is -2.22. The van der Waals surface area contributed by atoms with Crippen molar-refractivity contribution in [3.8, 4) is 0 Å². The van der Waals surface area contributed by atoms with Crippen molar-refractivity contribution in [1.82, 2.24) is 4.90 Å². The first-order valence-electron chi connectivity index (χ1n) is 7.15. The van der Waals surface area contributed by atoms with E-state index in [1.165, 1.54) is 9.80 Å². The van der Waals surface area contributed by atoms with Crippen LogP contribution >= 0.6 is 0 Å². The molecule has 114 valence electrons. The molecule has 1 atom stereocenters. The Bertz CT molecular complexity index is 522. The highest BCUT2D eigenvalue weighted by Gasteiger charge is 2.42. The topological polar surface area (TPSA) is 49.9 Å². The van der Waals surface area contributed by atoms with E-state index in [1.54, 1.807) is 6.92 Å². The van der Waals surface area contributed by atoms with Crippen molar-refractivity contribution in [3.05, 3.63) is 30.3 Å². The second kappa shape index (κ2) is 5.85. The number of imide groups is 1. The third-order valence-corrected chi connectivity index (χ3v) is 3.33. The molecule has 1 aromatic carbocycles. The summed E-state index contributed by atoms with van der Waals surface area (Å²) < 4.78 is 5.60. The van der Waals surface area contributed by atoms with Gasteiger partial charge in [-0.05, 0) is 39.8 Å². The summed E-state index contributed by atoms with van der Waals surface area (Å²) in [5.41, 5.74) is 0.457. The Hall–Kier alpha value is -1.88. The van der Waals surface area contributed by atoms with Crippen LogP contribution in [0.25, 0.3) is 0 Å². The predicted octanol–water partition coefficient (Wildman–Crippen LogP) is 2.66. The van der Waals surface area contributed by atoms with Gasteiger partial charge in [0.2, 0.25) is 0 Å². The van der Waals surface area contributed by atoms with E-state index in [1.807, 2.05) is 51.1 Å². The lowest BCUT2D eigenvalue weighted by molar-refractivity contribution is -0.128. The number of nitrogens with zero attached hydrogens (tertiary/aromatic N) is 2. The number of rotatable bonds is 4. The highest BCUT2D eigenvalue weighted by atomic mass is 16.5. The Morgan fingerprint density at radius 3 is 2.33 bits per heavy atom. The normalized spacial score (nSPS) is 19.5. The minimum Gasteiger partial charge on any atom is -0.374 e. The molecule has 3 amide bonds. The molecule has 0 aromatic heterocycles. The number of benzene rings is 1. The minimum absolute atomic E-state index is 0.179. The van der Waals surface area contributed by atoms with Gasteiger partial charge in [-0.15, -0.1) is 0 Å². The zero-order chi connectivity index (χ0) is 15.6. The molecule has 0 saturated carbocycles. The van der Waals surface area contributed by atoms with Gasteiger partial charge in [-0.2, -0.15) is 0 Å². The standard InChI is InChI=1S/C16H22N2O3/c1-12-14(19)17(10-11-21-16(2,3)4)15(20)18(12)13-8-6-5-7-9-13/h5-9,12H,10-11H2,1-4H3. The molecule has 1 aliphatic rings. The molecule has 1 aromatic rings. The van der Waals surface area contributed by atoms with Crippen LogP contribution in [0.3, 0.4) is 0 Å². The number of hydrogen-bond acceptors (Lipinski definition) is 3. The maximum absolute atomic E-state index is 12.5. The second-order valence-corrected chi connectivity index (χ2v) is 6.11. The number of amides is 3. The largest absolute Gasteiger partial charge is 0.374 e. The number of ether oxygens (including phenoxy) is 1. The van der Waals surface area contributed by atoms with E-state index in [4.69, 9.17) is 4.74 Å². The molecule has 0 spiro atoms. The molecule has 1 aliphatic heterocycles. The maximum atomic E-state index is 12.5. The molecule has 5 nitrogen and oxygen atoms in total. The molecule has 1 saturated heterocycles. The smallest absolute Gasteiger partial charge is 0.332 e. The van der Waals surface area contributed by atoms with E-state index >= 15 is 0 Å². The summed E-state index contributed by atoms with van der Waals surface area (Å²) in [5.74, 6) is -0.179. The summed E-state index contributed by atoms with van der Waals surface area (Å²) in [6, 6.07) is 8.49. The van der Waals surface area contributed by atoms with Gasteiger partial charge in [-0.3, -0.25) is 14.6 Å². The van der Waals surface area contributed by atoms with Gasteiger partial charge in [0.1, 0.15) is 6.04 Å². The summed E-state index contributed by atoms with van der Waals surface area (Å²) in [6.45, 7) is 8.20. The molecule has 2 rings (SSSR count). The molecule has 0 aliphatic carbocycles. The fraction of sp³-hybridized carbons (Fsp3) is 0.500. The number of anilines is 1. The Balaban J connectivity index is 2.08. The van der Waals surface area contributed by atoms with Gasteiger partial charge in [0, 0.05) is 5.69 Å². The molecule has 0 bridgehead atoms. The zero-order valence-corrected chi connectivity index (χ0v) is 13.0. The van der Waals surface area contributed by atoms with Gasteiger partial charge in [-0.25, -0.2) is 4.79 Å². The molecule has 1 fully saturated rings. The first kappa shape index (κ1) is 15.5. The maximum Gasteiger partial charge on any atom is 0.332 e. The van der Waals surface area contributed by atoms with Crippen LogP contribution in [0.5, 0.6) is 0 Å². The molecule has 5 heteroatoms. The fourth-order valence-corrected chi connectivity index (χ4v) is 2.30. The minimum atomic E-state index is -0.477. The number of para-hydroxylation sites is 1. The van der Waals surface area contributed by atoms with Crippen LogP contribution < -0.4 is 4.90 Å². The third kappa shape index (κ3) is 3.42. The third-order valence-electron chi connectivity index (χ3n) is 3.33. The molecule has 0 N–H and O–H groups in total. The van der Waals surface area contributed by atoms with Crippen LogP contribution in [0.4, 0.5) is 10.5 Å². The highest BCUT2D eigenvalue weighted by molar-refractivity contribution is 6.14. The second-order valence-electron chi connectivity index (χ2n) is 6.11. The number of carbonyl (C=O) groups excluding carboxylic acids is 2. The highest BCUT2D eigenvalue weighted by Crippen LogP contribution is 2.25. The van der Waals surface area contributed by atoms with E-state index in [0.29, 0.717) is 6.61 Å². The monoisotopic (exact) mass is 290 g/mol. The lowest BCUT2D eigenvalue weighted by Crippen LogP contribution is -2.37. The Morgan fingerprint density at radius 2 is 1.76 bits per heavy atom. The van der Waals surface area contributed by atoms with E-state index in [-0.39, 0.29) is 24.1 Å². The summed E-state index contributed by atoms with van der Waals surface area (Å²) in [5, 5.41) is 0. The fourth-order valence-electron chi connectivity index (χ4n) is 2.30. The average molecular weight is 290 g/mol. The van der Waals surface area contributed by atoms with E-state index in [9.17, 15) is 9.59 Å². The Labute approximate surface area is 125 Å². The van der Waals surface area contributed by atoms with Crippen LogP contribution in [-0.2, 0) is 9.53 Å². The van der Waals surface area contributed by atoms with Gasteiger partial charge in [0.05, 0.1) is 18.8 Å². The Kier molecular flexibility index (Phi) is 4.32. The number of carbonyl (C=O) groups is 2. The van der Waals surface area contributed by atoms with Gasteiger partial charge in [-0.1, -0.05) is 18.2 Å². The summed E-state index contributed by atoms with van der Waals surface area (Å²) >= 11 is 0. The summed E-state index contributed by atoms with van der Waals surface area (Å²) in [6.07, 6.45) is 0. The molecule has 1 heterocycles. The van der Waals surface area contributed by atoms with Crippen LogP contribution in [0.15, 0.2) is 30.3 Å². The van der Waals surface area contributed by atoms with Gasteiger partial charge < -0.3 is 4.74 Å². The van der Waals surface area contributed by atoms with E-state index in [0.717, 1.165) is 5.69 Å². The molecule has 21 heavy (non-hydrogen) atoms. The quantitative estimate of drug-likeness (QED) is 0.801. The number of hydrogen-bond donors (Lipinski definition) is 0. The van der Waals surface area contributed by atoms with Crippen molar-refractivity contribution in [2.24, 2.45) is 0 Å². The van der Waals surface area contributed by atoms with Crippen molar-refractivity contribution in [3.63, 3.8) is 0 Å². The van der Waals surface area contributed by atoms with Crippen molar-refractivity contribution in [2.75, 3.05) is 18.1 Å². The van der Waals surface area contributed by atoms with Crippen molar-refractivity contribution in [1.29, 1.82) is 0 Å². The van der Waals surface area contributed by atoms with Gasteiger partial charge >= 0.3 is 6.03 Å². The number of urea groups is 1. The zero-order valence-electron chi connectivity index (χ0n) is 13.0. The van der Waals surface area contributed by atoms with Crippen molar-refractivity contribution >= 4 is 17.6 Å².